The Bertz CT molecular complexity index is 390. The van der Waals surface area contributed by atoms with E-state index in [1.807, 2.05) is 19.2 Å². The maximum Gasteiger partial charge on any atom is 0.115 e. The summed E-state index contributed by atoms with van der Waals surface area (Å²) in [6.07, 6.45) is 3.60. The van der Waals surface area contributed by atoms with Gasteiger partial charge in [-0.05, 0) is 44.5 Å². The summed E-state index contributed by atoms with van der Waals surface area (Å²) in [4.78, 5) is 0. The number of hydrogen-bond donors (Lipinski definition) is 2. The van der Waals surface area contributed by atoms with E-state index in [9.17, 15) is 5.11 Å². The van der Waals surface area contributed by atoms with E-state index in [0.29, 0.717) is 5.75 Å². The second-order valence-corrected chi connectivity index (χ2v) is 5.32. The highest BCUT2D eigenvalue weighted by Crippen LogP contribution is 2.48. The summed E-state index contributed by atoms with van der Waals surface area (Å²) in [6, 6.07) is 7.70. The molecule has 16 heavy (non-hydrogen) atoms. The second kappa shape index (κ2) is 3.77. The molecule has 1 aromatic carbocycles. The maximum absolute atomic E-state index is 9.61. The second-order valence-electron chi connectivity index (χ2n) is 5.32. The number of rotatable bonds is 2. The molecule has 1 saturated carbocycles. The van der Waals surface area contributed by atoms with E-state index in [0.717, 1.165) is 0 Å². The van der Waals surface area contributed by atoms with Gasteiger partial charge in [-0.2, -0.15) is 0 Å². The minimum atomic E-state index is 0.112. The highest BCUT2D eigenvalue weighted by Gasteiger charge is 2.48. The van der Waals surface area contributed by atoms with E-state index < -0.39 is 0 Å². The molecule has 0 radical (unpaired) electrons. The van der Waals surface area contributed by atoms with Gasteiger partial charge in [0.1, 0.15) is 5.75 Å². The van der Waals surface area contributed by atoms with Crippen molar-refractivity contribution in [3.05, 3.63) is 29.8 Å². The number of aromatic hydroxyl groups is 1. The van der Waals surface area contributed by atoms with Gasteiger partial charge in [-0.25, -0.2) is 0 Å². The van der Waals surface area contributed by atoms with E-state index in [1.54, 1.807) is 6.07 Å². The van der Waals surface area contributed by atoms with Crippen LogP contribution in [0.1, 0.15) is 38.7 Å². The van der Waals surface area contributed by atoms with Crippen molar-refractivity contribution in [3.8, 4) is 5.75 Å². The van der Waals surface area contributed by atoms with Crippen molar-refractivity contribution in [2.24, 2.45) is 0 Å². The third-order valence-corrected chi connectivity index (χ3v) is 4.61. The summed E-state index contributed by atoms with van der Waals surface area (Å²) in [5, 5.41) is 13.1. The Hall–Kier alpha value is -1.02. The van der Waals surface area contributed by atoms with E-state index in [-0.39, 0.29) is 11.0 Å². The largest absolute Gasteiger partial charge is 0.508 e. The molecule has 2 nitrogen and oxygen atoms in total. The fourth-order valence-corrected chi connectivity index (χ4v) is 3.06. The van der Waals surface area contributed by atoms with Gasteiger partial charge >= 0.3 is 0 Å². The van der Waals surface area contributed by atoms with E-state index in [4.69, 9.17) is 0 Å². The van der Waals surface area contributed by atoms with Crippen LogP contribution in [0.15, 0.2) is 24.3 Å². The van der Waals surface area contributed by atoms with Crippen LogP contribution in [0, 0.1) is 0 Å². The van der Waals surface area contributed by atoms with Crippen molar-refractivity contribution in [2.75, 3.05) is 7.05 Å². The van der Waals surface area contributed by atoms with Gasteiger partial charge < -0.3 is 10.4 Å². The average molecular weight is 219 g/mol. The van der Waals surface area contributed by atoms with Gasteiger partial charge in [-0.15, -0.1) is 0 Å². The van der Waals surface area contributed by atoms with Crippen LogP contribution in [0.3, 0.4) is 0 Å². The Morgan fingerprint density at radius 3 is 2.62 bits per heavy atom. The van der Waals surface area contributed by atoms with E-state index in [1.165, 1.54) is 24.8 Å². The molecule has 0 saturated heterocycles. The molecule has 1 aromatic rings. The minimum Gasteiger partial charge on any atom is -0.508 e. The third kappa shape index (κ3) is 1.52. The summed E-state index contributed by atoms with van der Waals surface area (Å²) in [5.74, 6) is 0.365. The van der Waals surface area contributed by atoms with Gasteiger partial charge in [0.25, 0.3) is 0 Å². The molecule has 1 fully saturated rings. The fourth-order valence-electron chi connectivity index (χ4n) is 3.06. The number of hydrogen-bond acceptors (Lipinski definition) is 2. The lowest BCUT2D eigenvalue weighted by Gasteiger charge is -2.41. The molecule has 2 unspecified atom stereocenters. The molecule has 88 valence electrons. The van der Waals surface area contributed by atoms with Crippen LogP contribution in [0.5, 0.6) is 5.75 Å². The Morgan fingerprint density at radius 1 is 1.25 bits per heavy atom. The zero-order valence-electron chi connectivity index (χ0n) is 10.4. The van der Waals surface area contributed by atoms with Gasteiger partial charge in [-0.3, -0.25) is 0 Å². The van der Waals surface area contributed by atoms with Crippen LogP contribution in [-0.2, 0) is 5.41 Å². The van der Waals surface area contributed by atoms with Crippen molar-refractivity contribution < 1.29 is 5.11 Å². The summed E-state index contributed by atoms with van der Waals surface area (Å²) in [6.45, 7) is 4.58. The molecule has 0 heterocycles. The summed E-state index contributed by atoms with van der Waals surface area (Å²) >= 11 is 0. The highest BCUT2D eigenvalue weighted by atomic mass is 16.3. The van der Waals surface area contributed by atoms with Crippen LogP contribution in [-0.4, -0.2) is 17.7 Å². The zero-order valence-corrected chi connectivity index (χ0v) is 10.4. The first-order chi connectivity index (χ1) is 7.52. The van der Waals surface area contributed by atoms with Gasteiger partial charge in [0.15, 0.2) is 0 Å². The average Bonchev–Trinajstić information content (AvgIpc) is 2.57. The molecule has 0 amide bonds. The number of phenols is 1. The van der Waals surface area contributed by atoms with Crippen molar-refractivity contribution >= 4 is 0 Å². The lowest BCUT2D eigenvalue weighted by molar-refractivity contribution is 0.254. The van der Waals surface area contributed by atoms with Crippen molar-refractivity contribution in [3.63, 3.8) is 0 Å². The van der Waals surface area contributed by atoms with Crippen molar-refractivity contribution in [2.45, 2.75) is 44.1 Å². The molecule has 2 N–H and O–H groups in total. The first kappa shape index (κ1) is 11.5. The summed E-state index contributed by atoms with van der Waals surface area (Å²) in [5.41, 5.74) is 1.48. The van der Waals surface area contributed by atoms with Crippen molar-refractivity contribution in [1.29, 1.82) is 0 Å². The van der Waals surface area contributed by atoms with Crippen LogP contribution < -0.4 is 5.32 Å². The number of likely N-dealkylation sites (N-methyl/N-ethyl adjacent to an activating group) is 1. The number of phenolic OH excluding ortho intramolecular Hbond substituents is 1. The number of benzene rings is 1. The fraction of sp³-hybridized carbons (Fsp3) is 0.571. The molecule has 0 spiro atoms. The van der Waals surface area contributed by atoms with Gasteiger partial charge in [0.2, 0.25) is 0 Å². The Kier molecular flexibility index (Phi) is 2.70. The third-order valence-electron chi connectivity index (χ3n) is 4.61. The van der Waals surface area contributed by atoms with E-state index >= 15 is 0 Å². The zero-order chi connectivity index (χ0) is 11.8. The highest BCUT2D eigenvalue weighted by molar-refractivity contribution is 5.36. The maximum atomic E-state index is 9.61. The first-order valence-electron chi connectivity index (χ1n) is 6.00. The van der Waals surface area contributed by atoms with Crippen LogP contribution >= 0.6 is 0 Å². The summed E-state index contributed by atoms with van der Waals surface area (Å²) in [7, 11) is 2.03. The molecule has 2 rings (SSSR count). The van der Waals surface area contributed by atoms with Crippen LogP contribution in [0.25, 0.3) is 0 Å². The lowest BCUT2D eigenvalue weighted by atomic mass is 9.69. The predicted molar refractivity (Wildman–Crippen MR) is 66.8 cm³/mol. The van der Waals surface area contributed by atoms with Gasteiger partial charge in [-0.1, -0.05) is 25.5 Å². The smallest absolute Gasteiger partial charge is 0.115 e. The molecular formula is C14H21NO. The molecule has 0 aliphatic heterocycles. The molecule has 0 aromatic heterocycles. The SMILES string of the molecule is CNC1(C)CCCC1(C)c1cccc(O)c1. The molecule has 0 bridgehead atoms. The first-order valence-corrected chi connectivity index (χ1v) is 6.00. The monoisotopic (exact) mass is 219 g/mol. The molecule has 2 heteroatoms. The number of nitrogens with one attached hydrogen (secondary N) is 1. The lowest BCUT2D eigenvalue weighted by Crippen LogP contribution is -2.52. The van der Waals surface area contributed by atoms with Crippen LogP contribution in [0.4, 0.5) is 0 Å². The molecule has 2 atom stereocenters. The van der Waals surface area contributed by atoms with Gasteiger partial charge in [0, 0.05) is 11.0 Å². The predicted octanol–water partition coefficient (Wildman–Crippen LogP) is 2.81. The van der Waals surface area contributed by atoms with Crippen LogP contribution in [0.2, 0.25) is 0 Å². The Labute approximate surface area is 97.7 Å². The van der Waals surface area contributed by atoms with Crippen molar-refractivity contribution in [1.82, 2.24) is 5.32 Å². The molecular weight excluding hydrogens is 198 g/mol. The quantitative estimate of drug-likeness (QED) is 0.801. The molecule has 1 aliphatic rings. The standard InChI is InChI=1S/C14H21NO/c1-13(8-5-9-14(13,2)15-3)11-6-4-7-12(16)10-11/h4,6-7,10,15-16H,5,8-9H2,1-3H3. The summed E-state index contributed by atoms with van der Waals surface area (Å²) < 4.78 is 0. The van der Waals surface area contributed by atoms with Gasteiger partial charge in [0.05, 0.1) is 0 Å². The van der Waals surface area contributed by atoms with E-state index in [2.05, 4.69) is 25.2 Å². The minimum absolute atomic E-state index is 0.112. The Balaban J connectivity index is 2.45. The normalized spacial score (nSPS) is 34.2. The Morgan fingerprint density at radius 2 is 2.00 bits per heavy atom. The molecule has 1 aliphatic carbocycles. The topological polar surface area (TPSA) is 32.3 Å².